The first-order chi connectivity index (χ1) is 8.81. The van der Waals surface area contributed by atoms with Gasteiger partial charge in [0.2, 0.25) is 0 Å². The number of rotatable bonds is 1. The molecule has 0 bridgehead atoms. The molecule has 1 aromatic rings. The average molecular weight is 260 g/mol. The van der Waals surface area contributed by atoms with Gasteiger partial charge in [0.05, 0.1) is 0 Å². The van der Waals surface area contributed by atoms with Gasteiger partial charge in [-0.1, -0.05) is 17.7 Å². The molecular weight excluding hydrogens is 236 g/mol. The van der Waals surface area contributed by atoms with Crippen LogP contribution in [0, 0.1) is 13.8 Å². The first kappa shape index (κ1) is 14.1. The second kappa shape index (κ2) is 4.97. The summed E-state index contributed by atoms with van der Waals surface area (Å²) in [5, 5.41) is 0. The molecule has 0 radical (unpaired) electrons. The predicted molar refractivity (Wildman–Crippen MR) is 78.2 cm³/mol. The molecule has 1 fully saturated rings. The summed E-state index contributed by atoms with van der Waals surface area (Å²) in [7, 11) is 0. The number of amides is 1. The lowest BCUT2D eigenvalue weighted by Crippen LogP contribution is -2.56. The number of carbonyl (C=O) groups is 1. The molecule has 0 spiro atoms. The Morgan fingerprint density at radius 1 is 1.37 bits per heavy atom. The third kappa shape index (κ3) is 2.81. The van der Waals surface area contributed by atoms with E-state index in [1.807, 2.05) is 36.9 Å². The molecule has 1 atom stereocenters. The summed E-state index contributed by atoms with van der Waals surface area (Å²) in [5.41, 5.74) is 8.89. The lowest BCUT2D eigenvalue weighted by Gasteiger charge is -2.45. The summed E-state index contributed by atoms with van der Waals surface area (Å²) < 4.78 is 0. The van der Waals surface area contributed by atoms with E-state index in [0.717, 1.165) is 29.5 Å². The van der Waals surface area contributed by atoms with Crippen molar-refractivity contribution >= 4 is 5.91 Å². The van der Waals surface area contributed by atoms with Crippen LogP contribution in [0.5, 0.6) is 0 Å². The molecule has 1 saturated heterocycles. The van der Waals surface area contributed by atoms with Gasteiger partial charge in [0.25, 0.3) is 5.91 Å². The number of likely N-dealkylation sites (tertiary alicyclic amines) is 1. The molecular formula is C16H24N2O. The van der Waals surface area contributed by atoms with Gasteiger partial charge in [-0.2, -0.15) is 0 Å². The Labute approximate surface area is 115 Å². The van der Waals surface area contributed by atoms with Crippen LogP contribution in [0.2, 0.25) is 0 Å². The van der Waals surface area contributed by atoms with Gasteiger partial charge in [-0.05, 0) is 52.2 Å². The summed E-state index contributed by atoms with van der Waals surface area (Å²) in [4.78, 5) is 14.8. The first-order valence-electron chi connectivity index (χ1n) is 6.96. The predicted octanol–water partition coefficient (Wildman–Crippen LogP) is 2.65. The van der Waals surface area contributed by atoms with Crippen molar-refractivity contribution in [3.05, 3.63) is 34.9 Å². The Bertz CT molecular complexity index is 494. The van der Waals surface area contributed by atoms with Gasteiger partial charge in [0.15, 0.2) is 0 Å². The molecule has 3 nitrogen and oxygen atoms in total. The molecule has 0 aromatic heterocycles. The molecule has 1 aliphatic rings. The summed E-state index contributed by atoms with van der Waals surface area (Å²) in [5.74, 6) is 0.112. The van der Waals surface area contributed by atoms with Crippen LogP contribution in [0.1, 0.15) is 48.2 Å². The standard InChI is InChI=1S/C16H24N2O/c1-11-5-6-12(2)14(9-11)15(19)18-10-13(17)7-8-16(18,3)4/h5-6,9,13H,7-8,10,17H2,1-4H3. The van der Waals surface area contributed by atoms with E-state index in [1.54, 1.807) is 0 Å². The maximum absolute atomic E-state index is 12.8. The van der Waals surface area contributed by atoms with Crippen LogP contribution in [0.4, 0.5) is 0 Å². The third-order valence-corrected chi connectivity index (χ3v) is 4.14. The van der Waals surface area contributed by atoms with Crippen molar-refractivity contribution in [3.8, 4) is 0 Å². The van der Waals surface area contributed by atoms with E-state index in [2.05, 4.69) is 13.8 Å². The number of carbonyl (C=O) groups excluding carboxylic acids is 1. The lowest BCUT2D eigenvalue weighted by atomic mass is 9.87. The number of nitrogens with zero attached hydrogens (tertiary/aromatic N) is 1. The highest BCUT2D eigenvalue weighted by Crippen LogP contribution is 2.29. The topological polar surface area (TPSA) is 46.3 Å². The smallest absolute Gasteiger partial charge is 0.254 e. The van der Waals surface area contributed by atoms with E-state index < -0.39 is 0 Å². The third-order valence-electron chi connectivity index (χ3n) is 4.14. The Hall–Kier alpha value is -1.35. The maximum Gasteiger partial charge on any atom is 0.254 e. The van der Waals surface area contributed by atoms with E-state index in [-0.39, 0.29) is 17.5 Å². The summed E-state index contributed by atoms with van der Waals surface area (Å²) in [6.45, 7) is 8.91. The number of benzene rings is 1. The Kier molecular flexibility index (Phi) is 3.68. The van der Waals surface area contributed by atoms with Crippen LogP contribution in [0.15, 0.2) is 18.2 Å². The molecule has 19 heavy (non-hydrogen) atoms. The average Bonchev–Trinajstić information content (AvgIpc) is 2.34. The molecule has 0 aliphatic carbocycles. The zero-order chi connectivity index (χ0) is 14.2. The van der Waals surface area contributed by atoms with E-state index in [9.17, 15) is 4.79 Å². The molecule has 1 aromatic carbocycles. The Balaban J connectivity index is 2.34. The van der Waals surface area contributed by atoms with Gasteiger partial charge in [-0.25, -0.2) is 0 Å². The van der Waals surface area contributed by atoms with Gasteiger partial charge >= 0.3 is 0 Å². The second-order valence-electron chi connectivity index (χ2n) is 6.35. The van der Waals surface area contributed by atoms with E-state index in [0.29, 0.717) is 6.54 Å². The number of nitrogens with two attached hydrogens (primary N) is 1. The van der Waals surface area contributed by atoms with Gasteiger partial charge in [-0.3, -0.25) is 4.79 Å². The summed E-state index contributed by atoms with van der Waals surface area (Å²) in [6.07, 6.45) is 1.95. The highest BCUT2D eigenvalue weighted by atomic mass is 16.2. The van der Waals surface area contributed by atoms with Crippen molar-refractivity contribution in [1.82, 2.24) is 4.90 Å². The number of hydrogen-bond acceptors (Lipinski definition) is 2. The lowest BCUT2D eigenvalue weighted by molar-refractivity contribution is 0.0394. The molecule has 2 rings (SSSR count). The molecule has 1 amide bonds. The van der Waals surface area contributed by atoms with Gasteiger partial charge in [0, 0.05) is 23.7 Å². The van der Waals surface area contributed by atoms with Crippen molar-refractivity contribution in [2.75, 3.05) is 6.54 Å². The van der Waals surface area contributed by atoms with Gasteiger partial charge in [0.1, 0.15) is 0 Å². The van der Waals surface area contributed by atoms with Crippen molar-refractivity contribution < 1.29 is 4.79 Å². The fraction of sp³-hybridized carbons (Fsp3) is 0.562. The molecule has 2 N–H and O–H groups in total. The minimum Gasteiger partial charge on any atom is -0.332 e. The van der Waals surface area contributed by atoms with Crippen LogP contribution in [-0.4, -0.2) is 28.9 Å². The van der Waals surface area contributed by atoms with Crippen LogP contribution in [-0.2, 0) is 0 Å². The zero-order valence-corrected chi connectivity index (χ0v) is 12.4. The maximum atomic E-state index is 12.8. The zero-order valence-electron chi connectivity index (χ0n) is 12.4. The highest BCUT2D eigenvalue weighted by Gasteiger charge is 2.36. The Morgan fingerprint density at radius 3 is 2.74 bits per heavy atom. The molecule has 0 saturated carbocycles. The second-order valence-corrected chi connectivity index (χ2v) is 6.35. The molecule has 104 valence electrons. The highest BCUT2D eigenvalue weighted by molar-refractivity contribution is 5.96. The van der Waals surface area contributed by atoms with Gasteiger partial charge < -0.3 is 10.6 Å². The van der Waals surface area contributed by atoms with Crippen molar-refractivity contribution in [2.24, 2.45) is 5.73 Å². The van der Waals surface area contributed by atoms with E-state index in [4.69, 9.17) is 5.73 Å². The van der Waals surface area contributed by atoms with Crippen molar-refractivity contribution in [3.63, 3.8) is 0 Å². The number of aryl methyl sites for hydroxylation is 2. The van der Waals surface area contributed by atoms with Crippen molar-refractivity contribution in [1.29, 1.82) is 0 Å². The van der Waals surface area contributed by atoms with E-state index in [1.165, 1.54) is 0 Å². The molecule has 1 heterocycles. The van der Waals surface area contributed by atoms with Crippen molar-refractivity contribution in [2.45, 2.75) is 52.1 Å². The fourth-order valence-electron chi connectivity index (χ4n) is 2.72. The Morgan fingerprint density at radius 2 is 2.05 bits per heavy atom. The number of piperidine rings is 1. The minimum absolute atomic E-state index is 0.0992. The van der Waals surface area contributed by atoms with Crippen LogP contribution >= 0.6 is 0 Å². The molecule has 1 aliphatic heterocycles. The first-order valence-corrected chi connectivity index (χ1v) is 6.96. The summed E-state index contributed by atoms with van der Waals surface area (Å²) in [6, 6.07) is 6.13. The largest absolute Gasteiger partial charge is 0.332 e. The van der Waals surface area contributed by atoms with E-state index >= 15 is 0 Å². The monoisotopic (exact) mass is 260 g/mol. The SMILES string of the molecule is Cc1ccc(C)c(C(=O)N2CC(N)CCC2(C)C)c1. The van der Waals surface area contributed by atoms with Crippen LogP contribution in [0.25, 0.3) is 0 Å². The minimum atomic E-state index is -0.108. The van der Waals surface area contributed by atoms with Crippen LogP contribution < -0.4 is 5.73 Å². The molecule has 3 heteroatoms. The molecule has 1 unspecified atom stereocenters. The summed E-state index contributed by atoms with van der Waals surface area (Å²) >= 11 is 0. The number of hydrogen-bond donors (Lipinski definition) is 1. The fourth-order valence-corrected chi connectivity index (χ4v) is 2.72. The van der Waals surface area contributed by atoms with Crippen LogP contribution in [0.3, 0.4) is 0 Å². The normalized spacial score (nSPS) is 22.4. The quantitative estimate of drug-likeness (QED) is 0.843. The van der Waals surface area contributed by atoms with Gasteiger partial charge in [-0.15, -0.1) is 0 Å².